The van der Waals surface area contributed by atoms with E-state index in [0.29, 0.717) is 0 Å². The zero-order chi connectivity index (χ0) is 12.4. The van der Waals surface area contributed by atoms with E-state index in [4.69, 9.17) is 24.8 Å². The summed E-state index contributed by atoms with van der Waals surface area (Å²) in [5, 5.41) is 0. The molecule has 0 aliphatic heterocycles. The minimum atomic E-state index is -1.07. The highest BCUT2D eigenvalue weighted by molar-refractivity contribution is 8.24. The molecule has 0 rings (SSSR count). The minimum Gasteiger partial charge on any atom is -0.390 e. The molecular weight excluding hydrogens is 251 g/mol. The summed E-state index contributed by atoms with van der Waals surface area (Å²) in [7, 11) is -1.07. The third-order valence-corrected chi connectivity index (χ3v) is 9.82. The van der Waals surface area contributed by atoms with E-state index in [9.17, 15) is 0 Å². The number of hydrogen-bond donors (Lipinski definition) is 0. The second-order valence-corrected chi connectivity index (χ2v) is 10.4. The van der Waals surface area contributed by atoms with Crippen molar-refractivity contribution in [3.63, 3.8) is 0 Å². The first-order chi connectivity index (χ1) is 7.63. The molecule has 0 heterocycles. The van der Waals surface area contributed by atoms with Gasteiger partial charge in [0.25, 0.3) is 0 Å². The van der Waals surface area contributed by atoms with Crippen LogP contribution in [0.2, 0.25) is 0 Å². The van der Waals surface area contributed by atoms with Gasteiger partial charge in [-0.25, -0.2) is 0 Å². The highest BCUT2D eigenvalue weighted by Gasteiger charge is 2.34. The molecule has 16 heavy (non-hydrogen) atoms. The first kappa shape index (κ1) is 16.7. The summed E-state index contributed by atoms with van der Waals surface area (Å²) in [4.78, 5) is 0. The van der Waals surface area contributed by atoms with Gasteiger partial charge < -0.3 is 24.8 Å². The monoisotopic (exact) mass is 278 g/mol. The average molecular weight is 278 g/mol. The highest BCUT2D eigenvalue weighted by atomic mass is 32.1. The SMILES string of the molecule is CCCC[P+](CCCC)(CCCC)C(=S)[S-]. The van der Waals surface area contributed by atoms with Gasteiger partial charge in [0.1, 0.15) is 0 Å². The summed E-state index contributed by atoms with van der Waals surface area (Å²) < 4.78 is 0.961. The molecule has 0 nitrogen and oxygen atoms in total. The van der Waals surface area contributed by atoms with Crippen LogP contribution in [0.15, 0.2) is 0 Å². The Hall–Kier alpha value is 0.740. The Kier molecular flexibility index (Phi) is 10.2. The van der Waals surface area contributed by atoms with Crippen molar-refractivity contribution in [3.8, 4) is 0 Å². The Bertz CT molecular complexity index is 171. The molecule has 0 aromatic carbocycles. The predicted octanol–water partition coefficient (Wildman–Crippen LogP) is 5.24. The van der Waals surface area contributed by atoms with Crippen LogP contribution in [0.4, 0.5) is 0 Å². The molecule has 0 saturated carbocycles. The molecule has 0 saturated heterocycles. The number of thiocarbonyl (C=S) groups is 1. The Morgan fingerprint density at radius 3 is 1.38 bits per heavy atom. The van der Waals surface area contributed by atoms with Crippen LogP contribution < -0.4 is 0 Å². The molecule has 0 spiro atoms. The van der Waals surface area contributed by atoms with Gasteiger partial charge >= 0.3 is 0 Å². The van der Waals surface area contributed by atoms with Crippen molar-refractivity contribution in [1.82, 2.24) is 0 Å². The fourth-order valence-electron chi connectivity index (χ4n) is 1.99. The van der Waals surface area contributed by atoms with Gasteiger partial charge in [-0.2, -0.15) is 0 Å². The maximum Gasteiger partial charge on any atom is 0.0626 e. The molecule has 3 heteroatoms. The van der Waals surface area contributed by atoms with Gasteiger partial charge in [0.05, 0.1) is 18.5 Å². The van der Waals surface area contributed by atoms with Crippen LogP contribution in [-0.2, 0) is 12.6 Å². The number of unbranched alkanes of at least 4 members (excludes halogenated alkanes) is 3. The molecule has 0 aliphatic carbocycles. The van der Waals surface area contributed by atoms with E-state index in [0.717, 1.165) is 3.94 Å². The lowest BCUT2D eigenvalue weighted by molar-refractivity contribution is 0.843. The lowest BCUT2D eigenvalue weighted by Gasteiger charge is -2.30. The molecule has 96 valence electrons. The van der Waals surface area contributed by atoms with Gasteiger partial charge in [0.15, 0.2) is 0 Å². The Labute approximate surface area is 114 Å². The fraction of sp³-hybridized carbons (Fsp3) is 0.923. The van der Waals surface area contributed by atoms with E-state index in [2.05, 4.69) is 20.8 Å². The third-order valence-electron chi connectivity index (χ3n) is 3.21. The summed E-state index contributed by atoms with van der Waals surface area (Å²) >= 11 is 10.9. The molecule has 0 bridgehead atoms. The van der Waals surface area contributed by atoms with Crippen molar-refractivity contribution in [2.24, 2.45) is 0 Å². The molecule has 0 radical (unpaired) electrons. The van der Waals surface area contributed by atoms with E-state index < -0.39 is 7.26 Å². The Morgan fingerprint density at radius 1 is 0.875 bits per heavy atom. The summed E-state index contributed by atoms with van der Waals surface area (Å²) in [6.45, 7) is 6.79. The predicted molar refractivity (Wildman–Crippen MR) is 86.2 cm³/mol. The van der Waals surface area contributed by atoms with Gasteiger partial charge in [-0.3, -0.25) is 0 Å². The van der Waals surface area contributed by atoms with Crippen LogP contribution in [0.3, 0.4) is 0 Å². The zero-order valence-electron chi connectivity index (χ0n) is 11.1. The summed E-state index contributed by atoms with van der Waals surface area (Å²) in [5.74, 6) is 0. The third kappa shape index (κ3) is 5.89. The van der Waals surface area contributed by atoms with Gasteiger partial charge in [-0.1, -0.05) is 40.0 Å². The van der Waals surface area contributed by atoms with Crippen LogP contribution >= 0.6 is 19.5 Å². The molecule has 0 N–H and O–H groups in total. The average Bonchev–Trinajstić information content (AvgIpc) is 2.28. The van der Waals surface area contributed by atoms with Crippen molar-refractivity contribution in [2.45, 2.75) is 59.3 Å². The minimum absolute atomic E-state index is 0.961. The van der Waals surface area contributed by atoms with E-state index >= 15 is 0 Å². The van der Waals surface area contributed by atoms with Gasteiger partial charge in [0.2, 0.25) is 0 Å². The lowest BCUT2D eigenvalue weighted by atomic mass is 10.4. The fourth-order valence-corrected chi connectivity index (χ4v) is 7.62. The van der Waals surface area contributed by atoms with Crippen molar-refractivity contribution < 1.29 is 0 Å². The second kappa shape index (κ2) is 9.74. The Morgan fingerprint density at radius 2 is 1.19 bits per heavy atom. The quantitative estimate of drug-likeness (QED) is 0.305. The van der Waals surface area contributed by atoms with Crippen LogP contribution in [0.25, 0.3) is 0 Å². The Balaban J connectivity index is 4.52. The normalized spacial score (nSPS) is 11.7. The van der Waals surface area contributed by atoms with Crippen LogP contribution in [0.5, 0.6) is 0 Å². The van der Waals surface area contributed by atoms with E-state index in [1.54, 1.807) is 0 Å². The van der Waals surface area contributed by atoms with Crippen molar-refractivity contribution >= 4 is 36.0 Å². The molecule has 0 amide bonds. The summed E-state index contributed by atoms with van der Waals surface area (Å²) in [6, 6.07) is 0. The maximum atomic E-state index is 5.43. The van der Waals surface area contributed by atoms with Gasteiger partial charge in [-0.05, 0) is 19.3 Å². The summed E-state index contributed by atoms with van der Waals surface area (Å²) in [6.07, 6.45) is 11.8. The molecule has 0 fully saturated rings. The lowest BCUT2D eigenvalue weighted by Crippen LogP contribution is -2.14. The number of hydrogen-bond acceptors (Lipinski definition) is 2. The highest BCUT2D eigenvalue weighted by Crippen LogP contribution is 2.61. The molecule has 0 aromatic heterocycles. The first-order valence-electron chi connectivity index (χ1n) is 6.70. The van der Waals surface area contributed by atoms with Crippen molar-refractivity contribution in [3.05, 3.63) is 0 Å². The van der Waals surface area contributed by atoms with Gasteiger partial charge in [-0.15, -0.1) is 0 Å². The maximum absolute atomic E-state index is 5.43. The van der Waals surface area contributed by atoms with E-state index in [1.807, 2.05) is 0 Å². The summed E-state index contributed by atoms with van der Waals surface area (Å²) in [5.41, 5.74) is 0. The van der Waals surface area contributed by atoms with Crippen molar-refractivity contribution in [2.75, 3.05) is 18.5 Å². The van der Waals surface area contributed by atoms with Crippen molar-refractivity contribution in [1.29, 1.82) is 0 Å². The topological polar surface area (TPSA) is 0 Å². The van der Waals surface area contributed by atoms with Crippen LogP contribution in [-0.4, -0.2) is 22.4 Å². The van der Waals surface area contributed by atoms with Crippen LogP contribution in [0, 0.1) is 0 Å². The van der Waals surface area contributed by atoms with E-state index in [-0.39, 0.29) is 0 Å². The molecule has 0 unspecified atom stereocenters. The first-order valence-corrected chi connectivity index (χ1v) is 9.86. The van der Waals surface area contributed by atoms with E-state index in [1.165, 1.54) is 57.0 Å². The zero-order valence-corrected chi connectivity index (χ0v) is 13.7. The standard InChI is InChI=1S/C13H27PS2/c1-4-7-10-14(13(15)16,11-8-5-2)12-9-6-3/h4-12H2,1-3H3. The van der Waals surface area contributed by atoms with Gasteiger partial charge in [0, 0.05) is 11.2 Å². The molecule has 0 atom stereocenters. The number of rotatable bonds is 10. The molecule has 0 aliphatic rings. The van der Waals surface area contributed by atoms with Crippen LogP contribution in [0.1, 0.15) is 59.3 Å². The molecular formula is C13H27PS2. The largest absolute Gasteiger partial charge is 0.390 e. The molecule has 0 aromatic rings. The second-order valence-electron chi connectivity index (χ2n) is 4.64. The smallest absolute Gasteiger partial charge is 0.0626 e.